The van der Waals surface area contributed by atoms with Crippen LogP contribution in [0.4, 0.5) is 4.79 Å². The van der Waals surface area contributed by atoms with E-state index in [-0.39, 0.29) is 78.8 Å². The zero-order valence-corrected chi connectivity index (χ0v) is 29.5. The van der Waals surface area contributed by atoms with E-state index in [0.717, 1.165) is 38.8 Å². The van der Waals surface area contributed by atoms with Crippen LogP contribution in [0.5, 0.6) is 0 Å². The number of aryl methyl sites for hydroxylation is 4. The van der Waals surface area contributed by atoms with Crippen LogP contribution >= 0.6 is 0 Å². The smallest absolute Gasteiger partial charge is 0.508 e. The first-order valence-corrected chi connectivity index (χ1v) is 14.8. The third-order valence-corrected chi connectivity index (χ3v) is 6.19. The first-order valence-electron chi connectivity index (χ1n) is 14.8. The van der Waals surface area contributed by atoms with E-state index in [1.54, 1.807) is 0 Å². The number of unbranched alkanes of at least 4 members (excludes halogenated alkanes) is 2. The van der Waals surface area contributed by atoms with E-state index < -0.39 is 30.2 Å². The molecule has 13 nitrogen and oxygen atoms in total. The van der Waals surface area contributed by atoms with Gasteiger partial charge in [0, 0.05) is 5.57 Å². The molecule has 0 spiro atoms. The van der Waals surface area contributed by atoms with Gasteiger partial charge in [-0.3, -0.25) is 9.59 Å². The van der Waals surface area contributed by atoms with Crippen molar-refractivity contribution >= 4 is 24.1 Å². The number of carbonyl (C=O) groups excluding carboxylic acids is 4. The van der Waals surface area contributed by atoms with E-state index in [0.29, 0.717) is 13.1 Å². The fourth-order valence-electron chi connectivity index (χ4n) is 3.71. The van der Waals surface area contributed by atoms with Gasteiger partial charge in [0.05, 0.1) is 25.9 Å². The number of esters is 3. The fourth-order valence-corrected chi connectivity index (χ4v) is 3.71. The molecule has 2 rings (SSSR count). The zero-order chi connectivity index (χ0) is 31.5. The molecule has 254 valence electrons. The van der Waals surface area contributed by atoms with Gasteiger partial charge in [0.1, 0.15) is 64.3 Å². The van der Waals surface area contributed by atoms with Crippen molar-refractivity contribution in [3.63, 3.8) is 0 Å². The number of imidazole rings is 2. The number of halogens is 2. The predicted octanol–water partition coefficient (Wildman–Crippen LogP) is -3.32. The van der Waals surface area contributed by atoms with Gasteiger partial charge in [-0.1, -0.05) is 33.3 Å². The maximum atomic E-state index is 12.4. The Balaban J connectivity index is 0.00000968. The summed E-state index contributed by atoms with van der Waals surface area (Å²) in [7, 11) is 0. The SMILES string of the molecule is C=C(C)C(=O)OCCOC(=O)OC(COC(=O)CCn1cc[n+](CCCC)c1)COC(=O)CCn1cc[n+](CCCC)c1.[Br-].[Br-]. The molecule has 0 aromatic carbocycles. The minimum absolute atomic E-state index is 0. The van der Waals surface area contributed by atoms with Crippen LogP contribution in [-0.2, 0) is 64.2 Å². The van der Waals surface area contributed by atoms with E-state index in [4.69, 9.17) is 23.7 Å². The van der Waals surface area contributed by atoms with Crippen LogP contribution < -0.4 is 43.1 Å². The molecule has 2 aromatic heterocycles. The van der Waals surface area contributed by atoms with Crippen molar-refractivity contribution < 1.29 is 86.0 Å². The van der Waals surface area contributed by atoms with Gasteiger partial charge in [-0.25, -0.2) is 27.9 Å². The summed E-state index contributed by atoms with van der Waals surface area (Å²) in [6, 6.07) is 0. The summed E-state index contributed by atoms with van der Waals surface area (Å²) in [6.45, 7) is 10.8. The number of nitrogens with zero attached hydrogens (tertiary/aromatic N) is 4. The van der Waals surface area contributed by atoms with Crippen LogP contribution in [0.15, 0.2) is 49.6 Å². The lowest BCUT2D eigenvalue weighted by Gasteiger charge is -2.17. The Labute approximate surface area is 285 Å². The number of aromatic nitrogens is 4. The molecule has 0 radical (unpaired) electrons. The van der Waals surface area contributed by atoms with Crippen molar-refractivity contribution in [2.45, 2.75) is 91.6 Å². The molecule has 2 aromatic rings. The van der Waals surface area contributed by atoms with Crippen LogP contribution in [0, 0.1) is 0 Å². The molecule has 15 heteroatoms. The second-order valence-corrected chi connectivity index (χ2v) is 10.1. The van der Waals surface area contributed by atoms with Gasteiger partial charge < -0.3 is 57.6 Å². The summed E-state index contributed by atoms with van der Waals surface area (Å²) in [5.41, 5.74) is 0.214. The number of hydrogen-bond donors (Lipinski definition) is 0. The highest BCUT2D eigenvalue weighted by Crippen LogP contribution is 2.04. The van der Waals surface area contributed by atoms with Gasteiger partial charge in [0.15, 0.2) is 6.10 Å². The lowest BCUT2D eigenvalue weighted by molar-refractivity contribution is -0.697. The van der Waals surface area contributed by atoms with Crippen LogP contribution in [0.25, 0.3) is 0 Å². The zero-order valence-electron chi connectivity index (χ0n) is 26.4. The molecule has 0 N–H and O–H groups in total. The summed E-state index contributed by atoms with van der Waals surface area (Å²) in [5, 5.41) is 0. The molecule has 0 aliphatic rings. The summed E-state index contributed by atoms with van der Waals surface area (Å²) < 4.78 is 33.5. The fraction of sp³-hybridized carbons (Fsp3) is 0.600. The molecule has 0 saturated carbocycles. The second kappa shape index (κ2) is 24.1. The molecule has 0 unspecified atom stereocenters. The Bertz CT molecular complexity index is 1120. The molecular formula is C30H46Br2N4O9. The molecule has 0 aliphatic heterocycles. The molecule has 0 fully saturated rings. The summed E-state index contributed by atoms with van der Waals surface area (Å²) in [4.78, 5) is 48.4. The topological polar surface area (TPSA) is 132 Å². The normalized spacial score (nSPS) is 10.3. The number of ether oxygens (including phenoxy) is 5. The summed E-state index contributed by atoms with van der Waals surface area (Å²) in [5.74, 6) is -1.62. The van der Waals surface area contributed by atoms with Crippen LogP contribution in [0.2, 0.25) is 0 Å². The second-order valence-electron chi connectivity index (χ2n) is 10.1. The molecular weight excluding hydrogens is 720 g/mol. The summed E-state index contributed by atoms with van der Waals surface area (Å²) in [6.07, 6.45) is 13.9. The van der Waals surface area contributed by atoms with Crippen molar-refractivity contribution in [2.75, 3.05) is 26.4 Å². The van der Waals surface area contributed by atoms with E-state index in [9.17, 15) is 19.2 Å². The highest BCUT2D eigenvalue weighted by molar-refractivity contribution is 5.86. The average Bonchev–Trinajstić information content (AvgIpc) is 3.65. The first-order chi connectivity index (χ1) is 20.7. The molecule has 0 saturated heterocycles. The highest BCUT2D eigenvalue weighted by Gasteiger charge is 2.21. The first kappa shape index (κ1) is 41.8. The lowest BCUT2D eigenvalue weighted by Crippen LogP contribution is -3.00. The van der Waals surface area contributed by atoms with Crippen LogP contribution in [0.1, 0.15) is 59.3 Å². The molecule has 2 heterocycles. The minimum Gasteiger partial charge on any atom is -1.00 e. The number of carbonyl (C=O) groups is 4. The molecule has 0 atom stereocenters. The highest BCUT2D eigenvalue weighted by atomic mass is 79.9. The largest absolute Gasteiger partial charge is 1.00 e. The Hall–Kier alpha value is -3.20. The van der Waals surface area contributed by atoms with Gasteiger partial charge in [0.25, 0.3) is 0 Å². The maximum Gasteiger partial charge on any atom is 0.508 e. The third-order valence-electron chi connectivity index (χ3n) is 6.19. The molecule has 0 amide bonds. The maximum absolute atomic E-state index is 12.4. The van der Waals surface area contributed by atoms with Gasteiger partial charge in [-0.05, 0) is 19.8 Å². The summed E-state index contributed by atoms with van der Waals surface area (Å²) >= 11 is 0. The number of hydrogen-bond acceptors (Lipinski definition) is 9. The minimum atomic E-state index is -1.09. The Morgan fingerprint density at radius 1 is 0.756 bits per heavy atom. The van der Waals surface area contributed by atoms with Crippen LogP contribution in [-0.4, -0.2) is 65.7 Å². The molecule has 0 bridgehead atoms. The molecule has 0 aliphatic carbocycles. The van der Waals surface area contributed by atoms with E-state index in [1.807, 2.05) is 46.6 Å². The lowest BCUT2D eigenvalue weighted by atomic mass is 10.3. The molecule has 45 heavy (non-hydrogen) atoms. The Morgan fingerprint density at radius 3 is 1.67 bits per heavy atom. The van der Waals surface area contributed by atoms with Crippen molar-refractivity contribution in [2.24, 2.45) is 0 Å². The quantitative estimate of drug-likeness (QED) is 0.0422. The van der Waals surface area contributed by atoms with Gasteiger partial charge >= 0.3 is 24.1 Å². The van der Waals surface area contributed by atoms with E-state index in [1.165, 1.54) is 6.92 Å². The number of rotatable bonds is 21. The van der Waals surface area contributed by atoms with Crippen molar-refractivity contribution in [1.29, 1.82) is 0 Å². The predicted molar refractivity (Wildman–Crippen MR) is 152 cm³/mol. The van der Waals surface area contributed by atoms with Gasteiger partial charge in [-0.2, -0.15) is 0 Å². The van der Waals surface area contributed by atoms with Crippen molar-refractivity contribution in [3.05, 3.63) is 49.6 Å². The van der Waals surface area contributed by atoms with Gasteiger partial charge in [0.2, 0.25) is 12.7 Å². The van der Waals surface area contributed by atoms with E-state index >= 15 is 0 Å². The van der Waals surface area contributed by atoms with Gasteiger partial charge in [-0.15, -0.1) is 0 Å². The standard InChI is InChI=1S/C30H46N4O9.2BrH/c1-5-7-11-31-15-17-33(23-31)13-9-27(35)41-21-26(43-30(38)40-20-19-39-29(37)25(3)4)22-42-28(36)10-14-34-18-16-32(24-34)12-8-6-2;;/h15-18,23-24,26H,3,5-14,19-22H2,1-2,4H3;2*1H/q+2;;/p-2. The monoisotopic (exact) mass is 764 g/mol. The Kier molecular flexibility index (Phi) is 22.4. The third kappa shape index (κ3) is 18.4. The van der Waals surface area contributed by atoms with Crippen molar-refractivity contribution in [3.8, 4) is 0 Å². The Morgan fingerprint density at radius 2 is 1.22 bits per heavy atom. The average molecular weight is 767 g/mol. The van der Waals surface area contributed by atoms with Crippen LogP contribution in [0.3, 0.4) is 0 Å². The van der Waals surface area contributed by atoms with E-state index in [2.05, 4.69) is 29.6 Å². The van der Waals surface area contributed by atoms with Crippen molar-refractivity contribution in [1.82, 2.24) is 9.13 Å².